The van der Waals surface area contributed by atoms with E-state index in [2.05, 4.69) is 24.5 Å². The highest BCUT2D eigenvalue weighted by atomic mass is 16.1. The Labute approximate surface area is 97.2 Å². The van der Waals surface area contributed by atoms with Gasteiger partial charge < -0.3 is 10.6 Å². The molecular formula is C13H20N2O. The molecule has 0 unspecified atom stereocenters. The summed E-state index contributed by atoms with van der Waals surface area (Å²) < 4.78 is 0. The van der Waals surface area contributed by atoms with Gasteiger partial charge in [0.2, 0.25) is 5.91 Å². The molecule has 0 atom stereocenters. The molecule has 0 bridgehead atoms. The van der Waals surface area contributed by atoms with E-state index in [1.54, 1.807) is 7.05 Å². The van der Waals surface area contributed by atoms with E-state index >= 15 is 0 Å². The Morgan fingerprint density at radius 3 is 2.62 bits per heavy atom. The molecule has 2 N–H and O–H groups in total. The quantitative estimate of drug-likeness (QED) is 0.797. The second-order valence-electron chi connectivity index (χ2n) is 4.28. The van der Waals surface area contributed by atoms with Gasteiger partial charge in [-0.25, -0.2) is 0 Å². The second kappa shape index (κ2) is 6.16. The number of amides is 1. The predicted molar refractivity (Wildman–Crippen MR) is 67.5 cm³/mol. The molecule has 3 nitrogen and oxygen atoms in total. The van der Waals surface area contributed by atoms with E-state index in [1.807, 2.05) is 24.3 Å². The first-order valence-corrected chi connectivity index (χ1v) is 5.66. The lowest BCUT2D eigenvalue weighted by molar-refractivity contribution is -0.119. The zero-order valence-electron chi connectivity index (χ0n) is 10.2. The molecule has 0 saturated heterocycles. The Morgan fingerprint density at radius 2 is 2.00 bits per heavy atom. The van der Waals surface area contributed by atoms with Crippen LogP contribution in [0.1, 0.15) is 19.4 Å². The lowest BCUT2D eigenvalue weighted by atomic mass is 10.1. The average molecular weight is 220 g/mol. The average Bonchev–Trinajstić information content (AvgIpc) is 2.27. The molecule has 16 heavy (non-hydrogen) atoms. The van der Waals surface area contributed by atoms with Crippen LogP contribution < -0.4 is 10.6 Å². The smallest absolute Gasteiger partial charge is 0.224 e. The highest BCUT2D eigenvalue weighted by molar-refractivity contribution is 5.80. The SMILES string of the molecule is CNC(=O)Cc1ccccc1NCC(C)C. The lowest BCUT2D eigenvalue weighted by Gasteiger charge is -2.13. The molecule has 0 aromatic heterocycles. The van der Waals surface area contributed by atoms with Gasteiger partial charge in [-0.05, 0) is 17.5 Å². The van der Waals surface area contributed by atoms with Gasteiger partial charge in [0.25, 0.3) is 0 Å². The molecule has 0 heterocycles. The van der Waals surface area contributed by atoms with Crippen LogP contribution in [0, 0.1) is 5.92 Å². The summed E-state index contributed by atoms with van der Waals surface area (Å²) >= 11 is 0. The van der Waals surface area contributed by atoms with Crippen molar-refractivity contribution < 1.29 is 4.79 Å². The van der Waals surface area contributed by atoms with E-state index in [9.17, 15) is 4.79 Å². The summed E-state index contributed by atoms with van der Waals surface area (Å²) in [5, 5.41) is 6.00. The zero-order valence-corrected chi connectivity index (χ0v) is 10.2. The first-order chi connectivity index (χ1) is 7.63. The van der Waals surface area contributed by atoms with Gasteiger partial charge >= 0.3 is 0 Å². The van der Waals surface area contributed by atoms with Crippen LogP contribution in [0.5, 0.6) is 0 Å². The molecule has 1 rings (SSSR count). The van der Waals surface area contributed by atoms with Crippen molar-refractivity contribution in [3.05, 3.63) is 29.8 Å². The number of nitrogens with one attached hydrogen (secondary N) is 2. The van der Waals surface area contributed by atoms with Crippen molar-refractivity contribution >= 4 is 11.6 Å². The van der Waals surface area contributed by atoms with Crippen molar-refractivity contribution in [1.82, 2.24) is 5.32 Å². The zero-order chi connectivity index (χ0) is 12.0. The number of likely N-dealkylation sites (N-methyl/N-ethyl adjacent to an activating group) is 1. The van der Waals surface area contributed by atoms with Gasteiger partial charge in [-0.1, -0.05) is 32.0 Å². The van der Waals surface area contributed by atoms with E-state index in [0.717, 1.165) is 17.8 Å². The molecule has 1 aromatic carbocycles. The fraction of sp³-hybridized carbons (Fsp3) is 0.462. The van der Waals surface area contributed by atoms with Crippen molar-refractivity contribution in [3.8, 4) is 0 Å². The Hall–Kier alpha value is -1.51. The van der Waals surface area contributed by atoms with Gasteiger partial charge in [0.1, 0.15) is 0 Å². The van der Waals surface area contributed by atoms with Crippen LogP contribution in [-0.4, -0.2) is 19.5 Å². The maximum absolute atomic E-state index is 11.3. The Balaban J connectivity index is 2.71. The molecule has 3 heteroatoms. The molecule has 0 aliphatic rings. The van der Waals surface area contributed by atoms with Crippen molar-refractivity contribution in [3.63, 3.8) is 0 Å². The first-order valence-electron chi connectivity index (χ1n) is 5.66. The molecule has 1 amide bonds. The fourth-order valence-corrected chi connectivity index (χ4v) is 1.42. The summed E-state index contributed by atoms with van der Waals surface area (Å²) in [6.45, 7) is 5.24. The van der Waals surface area contributed by atoms with Gasteiger partial charge in [-0.3, -0.25) is 4.79 Å². The summed E-state index contributed by atoms with van der Waals surface area (Å²) in [6.07, 6.45) is 0.428. The first kappa shape index (κ1) is 12.6. The lowest BCUT2D eigenvalue weighted by Crippen LogP contribution is -2.21. The van der Waals surface area contributed by atoms with Crippen LogP contribution in [0.25, 0.3) is 0 Å². The van der Waals surface area contributed by atoms with Crippen LogP contribution in [-0.2, 0) is 11.2 Å². The van der Waals surface area contributed by atoms with Crippen LogP contribution >= 0.6 is 0 Å². The molecule has 0 saturated carbocycles. The summed E-state index contributed by atoms with van der Waals surface area (Å²) in [5.74, 6) is 0.631. The molecule has 0 spiro atoms. The minimum Gasteiger partial charge on any atom is -0.385 e. The molecule has 1 aromatic rings. The summed E-state index contributed by atoms with van der Waals surface area (Å²) in [4.78, 5) is 11.3. The molecule has 0 aliphatic heterocycles. The van der Waals surface area contributed by atoms with E-state index in [4.69, 9.17) is 0 Å². The predicted octanol–water partition coefficient (Wildman–Crippen LogP) is 2.04. The molecule has 0 aliphatic carbocycles. The minimum absolute atomic E-state index is 0.0406. The van der Waals surface area contributed by atoms with Gasteiger partial charge in [0.05, 0.1) is 6.42 Å². The van der Waals surface area contributed by atoms with Crippen LogP contribution in [0.4, 0.5) is 5.69 Å². The number of benzene rings is 1. The standard InChI is InChI=1S/C13H20N2O/c1-10(2)9-15-12-7-5-4-6-11(12)8-13(16)14-3/h4-7,10,15H,8-9H2,1-3H3,(H,14,16). The van der Waals surface area contributed by atoms with Crippen molar-refractivity contribution in [1.29, 1.82) is 0 Å². The normalized spacial score (nSPS) is 10.2. The largest absolute Gasteiger partial charge is 0.385 e. The van der Waals surface area contributed by atoms with Gasteiger partial charge in [0, 0.05) is 19.3 Å². The molecular weight excluding hydrogens is 200 g/mol. The van der Waals surface area contributed by atoms with Crippen molar-refractivity contribution in [2.24, 2.45) is 5.92 Å². The molecule has 88 valence electrons. The summed E-state index contributed by atoms with van der Waals surface area (Å²) in [7, 11) is 1.66. The summed E-state index contributed by atoms with van der Waals surface area (Å²) in [5.41, 5.74) is 2.10. The Bertz CT molecular complexity index is 348. The van der Waals surface area contributed by atoms with E-state index in [1.165, 1.54) is 0 Å². The number of carbonyl (C=O) groups excluding carboxylic acids is 1. The van der Waals surface area contributed by atoms with Crippen molar-refractivity contribution in [2.45, 2.75) is 20.3 Å². The number of carbonyl (C=O) groups is 1. The second-order valence-corrected chi connectivity index (χ2v) is 4.28. The topological polar surface area (TPSA) is 41.1 Å². The van der Waals surface area contributed by atoms with E-state index in [-0.39, 0.29) is 5.91 Å². The number of anilines is 1. The van der Waals surface area contributed by atoms with Crippen LogP contribution in [0.3, 0.4) is 0 Å². The third-order valence-corrected chi connectivity index (χ3v) is 2.35. The van der Waals surface area contributed by atoms with Gasteiger partial charge in [-0.15, -0.1) is 0 Å². The third kappa shape index (κ3) is 3.93. The van der Waals surface area contributed by atoms with E-state index in [0.29, 0.717) is 12.3 Å². The highest BCUT2D eigenvalue weighted by Crippen LogP contribution is 2.16. The third-order valence-electron chi connectivity index (χ3n) is 2.35. The number of hydrogen-bond donors (Lipinski definition) is 2. The van der Waals surface area contributed by atoms with Crippen LogP contribution in [0.2, 0.25) is 0 Å². The van der Waals surface area contributed by atoms with Crippen molar-refractivity contribution in [2.75, 3.05) is 18.9 Å². The maximum atomic E-state index is 11.3. The number of hydrogen-bond acceptors (Lipinski definition) is 2. The summed E-state index contributed by atoms with van der Waals surface area (Å²) in [6, 6.07) is 7.94. The monoisotopic (exact) mass is 220 g/mol. The van der Waals surface area contributed by atoms with Crippen LogP contribution in [0.15, 0.2) is 24.3 Å². The Morgan fingerprint density at radius 1 is 1.31 bits per heavy atom. The molecule has 0 fully saturated rings. The highest BCUT2D eigenvalue weighted by Gasteiger charge is 2.06. The number of rotatable bonds is 5. The fourth-order valence-electron chi connectivity index (χ4n) is 1.42. The minimum atomic E-state index is 0.0406. The number of para-hydroxylation sites is 1. The van der Waals surface area contributed by atoms with Gasteiger partial charge in [-0.2, -0.15) is 0 Å². The molecule has 0 radical (unpaired) electrons. The Kier molecular flexibility index (Phi) is 4.83. The van der Waals surface area contributed by atoms with Gasteiger partial charge in [0.15, 0.2) is 0 Å². The maximum Gasteiger partial charge on any atom is 0.224 e. The van der Waals surface area contributed by atoms with E-state index < -0.39 is 0 Å².